The Hall–Kier alpha value is -2.10. The van der Waals surface area contributed by atoms with E-state index in [1.54, 1.807) is 22.9 Å². The number of nitriles is 1. The maximum Gasteiger partial charge on any atom is 0.233 e. The molecule has 4 rings (SSSR count). The molecule has 0 spiro atoms. The number of aromatic nitrogens is 1. The number of carbonyl (C=O) groups excluding carboxylic acids is 1. The molecule has 0 radical (unpaired) electrons. The zero-order chi connectivity index (χ0) is 17.1. The first kappa shape index (κ1) is 15.4. The van der Waals surface area contributed by atoms with Gasteiger partial charge in [-0.1, -0.05) is 18.2 Å². The number of carbonyl (C=O) groups is 1. The second kappa shape index (κ2) is 5.20. The van der Waals surface area contributed by atoms with E-state index in [2.05, 4.69) is 11.1 Å². The van der Waals surface area contributed by atoms with Gasteiger partial charge in [-0.3, -0.25) is 9.78 Å². The van der Waals surface area contributed by atoms with Gasteiger partial charge in [0.25, 0.3) is 0 Å². The zero-order valence-electron chi connectivity index (χ0n) is 13.4. The third-order valence-electron chi connectivity index (χ3n) is 4.90. The van der Waals surface area contributed by atoms with Crippen molar-refractivity contribution in [3.8, 4) is 6.07 Å². The van der Waals surface area contributed by atoms with Gasteiger partial charge in [-0.15, -0.1) is 11.8 Å². The van der Waals surface area contributed by atoms with E-state index in [0.717, 1.165) is 10.9 Å². The number of rotatable bonds is 2. The fourth-order valence-electron chi connectivity index (χ4n) is 3.59. The number of aliphatic hydroxyl groups is 1. The third-order valence-corrected chi connectivity index (χ3v) is 6.49. The number of aliphatic hydroxyl groups excluding tert-OH is 1. The van der Waals surface area contributed by atoms with E-state index in [-0.39, 0.29) is 16.0 Å². The molecule has 1 unspecified atom stereocenters. The quantitative estimate of drug-likeness (QED) is 0.851. The van der Waals surface area contributed by atoms with Crippen molar-refractivity contribution in [2.75, 3.05) is 0 Å². The number of β-lactam (4-membered cyclic amide) rings is 1. The largest absolute Gasteiger partial charge is 0.387 e. The Morgan fingerprint density at radius 2 is 2.17 bits per heavy atom. The number of fused-ring (bicyclic) bond motifs is 2. The molecule has 24 heavy (non-hydrogen) atoms. The summed E-state index contributed by atoms with van der Waals surface area (Å²) in [6, 6.07) is 11.4. The van der Waals surface area contributed by atoms with Crippen LogP contribution in [0.5, 0.6) is 0 Å². The molecular formula is C18H17N3O2S. The Kier molecular flexibility index (Phi) is 3.34. The molecule has 2 aromatic rings. The number of amides is 1. The molecule has 0 aliphatic carbocycles. The zero-order valence-corrected chi connectivity index (χ0v) is 14.2. The third kappa shape index (κ3) is 2.05. The van der Waals surface area contributed by atoms with Gasteiger partial charge < -0.3 is 10.0 Å². The summed E-state index contributed by atoms with van der Waals surface area (Å²) >= 11 is 1.59. The highest BCUT2D eigenvalue weighted by molar-refractivity contribution is 8.01. The predicted octanol–water partition coefficient (Wildman–Crippen LogP) is 2.47. The molecule has 0 saturated carbocycles. The van der Waals surface area contributed by atoms with Crippen LogP contribution in [0.15, 0.2) is 36.5 Å². The van der Waals surface area contributed by atoms with Crippen molar-refractivity contribution in [1.29, 1.82) is 5.26 Å². The van der Waals surface area contributed by atoms with Crippen LogP contribution in [0.2, 0.25) is 0 Å². The minimum Gasteiger partial charge on any atom is -0.387 e. The summed E-state index contributed by atoms with van der Waals surface area (Å²) < 4.78 is -0.328. The van der Waals surface area contributed by atoms with Crippen LogP contribution < -0.4 is 0 Å². The molecule has 122 valence electrons. The maximum atomic E-state index is 12.6. The van der Waals surface area contributed by atoms with E-state index >= 15 is 0 Å². The smallest absolute Gasteiger partial charge is 0.233 e. The number of para-hydroxylation sites is 1. The summed E-state index contributed by atoms with van der Waals surface area (Å²) in [7, 11) is 0. The van der Waals surface area contributed by atoms with E-state index in [9.17, 15) is 15.2 Å². The Morgan fingerprint density at radius 3 is 2.92 bits per heavy atom. The lowest BCUT2D eigenvalue weighted by molar-refractivity contribution is -0.159. The number of thioether (sulfide) groups is 1. The van der Waals surface area contributed by atoms with Crippen LogP contribution in [0, 0.1) is 17.2 Å². The van der Waals surface area contributed by atoms with Crippen molar-refractivity contribution >= 4 is 28.6 Å². The van der Waals surface area contributed by atoms with Crippen LogP contribution in [0.4, 0.5) is 0 Å². The normalized spacial score (nSPS) is 29.0. The van der Waals surface area contributed by atoms with Crippen molar-refractivity contribution in [3.05, 3.63) is 42.1 Å². The van der Waals surface area contributed by atoms with Crippen LogP contribution in [-0.4, -0.2) is 37.1 Å². The van der Waals surface area contributed by atoms with Crippen molar-refractivity contribution in [2.24, 2.45) is 5.92 Å². The Bertz CT molecular complexity index is 876. The van der Waals surface area contributed by atoms with Crippen LogP contribution in [0.1, 0.15) is 25.5 Å². The molecule has 1 N–H and O–H groups in total. The first-order valence-corrected chi connectivity index (χ1v) is 8.74. The minimum absolute atomic E-state index is 0.148. The fraction of sp³-hybridized carbons (Fsp3) is 0.389. The maximum absolute atomic E-state index is 12.6. The van der Waals surface area contributed by atoms with Crippen molar-refractivity contribution in [3.63, 3.8) is 0 Å². The highest BCUT2D eigenvalue weighted by Crippen LogP contribution is 2.55. The number of nitrogens with zero attached hydrogens (tertiary/aromatic N) is 3. The number of hydrogen-bond donors (Lipinski definition) is 1. The van der Waals surface area contributed by atoms with E-state index in [1.165, 1.54) is 0 Å². The summed E-state index contributed by atoms with van der Waals surface area (Å²) in [6.07, 6.45) is 0.728. The molecule has 6 heteroatoms. The molecule has 2 aliphatic rings. The molecule has 0 bridgehead atoms. The van der Waals surface area contributed by atoms with Gasteiger partial charge >= 0.3 is 0 Å². The molecule has 3 heterocycles. The molecule has 1 amide bonds. The summed E-state index contributed by atoms with van der Waals surface area (Å²) in [5.41, 5.74) is 1.50. The first-order chi connectivity index (χ1) is 11.4. The Labute approximate surface area is 144 Å². The van der Waals surface area contributed by atoms with Crippen molar-refractivity contribution < 1.29 is 9.90 Å². The average Bonchev–Trinajstić information content (AvgIpc) is 2.81. The number of hydrogen-bond acceptors (Lipinski definition) is 5. The second-order valence-electron chi connectivity index (χ2n) is 6.82. The molecule has 2 fully saturated rings. The lowest BCUT2D eigenvalue weighted by Crippen LogP contribution is -2.61. The summed E-state index contributed by atoms with van der Waals surface area (Å²) in [6.45, 7) is 3.94. The SMILES string of the molecule is CC1(C)S[C@@H]2[C@H](C(O)c3cnc4ccccc4c3)C(=O)N2[C@H]1C#N. The molecule has 2 aliphatic heterocycles. The van der Waals surface area contributed by atoms with Crippen LogP contribution in [0.25, 0.3) is 10.9 Å². The topological polar surface area (TPSA) is 77.2 Å². The van der Waals surface area contributed by atoms with Crippen molar-refractivity contribution in [2.45, 2.75) is 36.1 Å². The fourth-order valence-corrected chi connectivity index (χ4v) is 5.26. The molecule has 1 aromatic carbocycles. The van der Waals surface area contributed by atoms with E-state index < -0.39 is 18.1 Å². The molecule has 2 saturated heterocycles. The average molecular weight is 339 g/mol. The summed E-state index contributed by atoms with van der Waals surface area (Å²) in [4.78, 5) is 18.5. The van der Waals surface area contributed by atoms with E-state index in [0.29, 0.717) is 5.56 Å². The van der Waals surface area contributed by atoms with Gasteiger partial charge in [0, 0.05) is 21.9 Å². The molecule has 1 aromatic heterocycles. The standard InChI is InChI=1S/C18H17N3O2S/c1-18(2)13(8-19)21-16(23)14(17(21)24-18)15(22)11-7-10-5-3-4-6-12(10)20-9-11/h3-7,9,13-15,17,22H,1-2H3/t13-,14+,15?,17+/m0/s1. The lowest BCUT2D eigenvalue weighted by Gasteiger charge is -2.45. The highest BCUT2D eigenvalue weighted by Gasteiger charge is 2.63. The van der Waals surface area contributed by atoms with Gasteiger partial charge in [0.05, 0.1) is 29.0 Å². The summed E-state index contributed by atoms with van der Waals surface area (Å²) in [5.74, 6) is -0.666. The number of benzene rings is 1. The van der Waals surface area contributed by atoms with Gasteiger partial charge in [-0.2, -0.15) is 5.26 Å². The number of pyridine rings is 1. The van der Waals surface area contributed by atoms with E-state index in [1.807, 2.05) is 44.2 Å². The highest BCUT2D eigenvalue weighted by atomic mass is 32.2. The second-order valence-corrected chi connectivity index (χ2v) is 8.59. The van der Waals surface area contributed by atoms with Crippen LogP contribution >= 0.6 is 11.8 Å². The van der Waals surface area contributed by atoms with Gasteiger partial charge in [0.2, 0.25) is 5.91 Å². The molecular weight excluding hydrogens is 322 g/mol. The van der Waals surface area contributed by atoms with Crippen LogP contribution in [-0.2, 0) is 4.79 Å². The van der Waals surface area contributed by atoms with Gasteiger partial charge in [-0.05, 0) is 26.0 Å². The molecule has 5 nitrogen and oxygen atoms in total. The Balaban J connectivity index is 1.65. The lowest BCUT2D eigenvalue weighted by atomic mass is 9.85. The first-order valence-electron chi connectivity index (χ1n) is 7.86. The monoisotopic (exact) mass is 339 g/mol. The van der Waals surface area contributed by atoms with Gasteiger partial charge in [0.1, 0.15) is 6.04 Å². The predicted molar refractivity (Wildman–Crippen MR) is 91.9 cm³/mol. The molecule has 4 atom stereocenters. The van der Waals surface area contributed by atoms with Gasteiger partial charge in [0.15, 0.2) is 0 Å². The Morgan fingerprint density at radius 1 is 1.42 bits per heavy atom. The van der Waals surface area contributed by atoms with Gasteiger partial charge in [-0.25, -0.2) is 0 Å². The minimum atomic E-state index is -0.906. The van der Waals surface area contributed by atoms with E-state index in [4.69, 9.17) is 0 Å². The van der Waals surface area contributed by atoms with Crippen LogP contribution in [0.3, 0.4) is 0 Å². The summed E-state index contributed by atoms with van der Waals surface area (Å²) in [5, 5.41) is 20.9. The van der Waals surface area contributed by atoms with Crippen molar-refractivity contribution in [1.82, 2.24) is 9.88 Å².